The number of nitrogens with zero attached hydrogens (tertiary/aromatic N) is 3. The first-order valence-corrected chi connectivity index (χ1v) is 16.4. The summed E-state index contributed by atoms with van der Waals surface area (Å²) in [6, 6.07) is 14.3. The molecule has 0 aromatic heterocycles. The zero-order valence-electron chi connectivity index (χ0n) is 14.6. The van der Waals surface area contributed by atoms with E-state index in [0.29, 0.717) is 22.9 Å². The first-order valence-electron chi connectivity index (χ1n) is 7.69. The van der Waals surface area contributed by atoms with E-state index >= 15 is 0 Å². The Kier molecular flexibility index (Phi) is 6.89. The number of halogens is 4. The van der Waals surface area contributed by atoms with Crippen LogP contribution in [0.1, 0.15) is 0 Å². The largest absolute Gasteiger partial charge is 0.497 e. The van der Waals surface area contributed by atoms with Crippen LogP contribution in [0.4, 0.5) is 11.4 Å². The van der Waals surface area contributed by atoms with E-state index in [9.17, 15) is 0 Å². The monoisotopic (exact) mass is 519 g/mol. The highest BCUT2D eigenvalue weighted by Gasteiger charge is 2.33. The van der Waals surface area contributed by atoms with Gasteiger partial charge in [0.1, 0.15) is 11.5 Å². The molecule has 14 heteroatoms. The maximum Gasteiger partial charge on any atom is 0.262 e. The number of rotatable bonds is 6. The van der Waals surface area contributed by atoms with Crippen molar-refractivity contribution in [2.75, 3.05) is 24.4 Å². The topological polar surface area (TPSA) is 79.6 Å². The van der Waals surface area contributed by atoms with E-state index in [1.165, 1.54) is 0 Å². The molecule has 1 aliphatic rings. The second-order valence-corrected chi connectivity index (χ2v) is 17.2. The molecule has 0 bridgehead atoms. The molecule has 0 aliphatic carbocycles. The van der Waals surface area contributed by atoms with Crippen molar-refractivity contribution in [3.63, 3.8) is 0 Å². The van der Waals surface area contributed by atoms with Crippen LogP contribution in [-0.2, 0) is 0 Å². The van der Waals surface area contributed by atoms with Crippen LogP contribution in [0, 0.1) is 0 Å². The molecule has 1 aliphatic heterocycles. The molecule has 0 spiro atoms. The zero-order valence-corrected chi connectivity index (χ0v) is 20.3. The molecule has 0 fully saturated rings. The molecule has 2 atom stereocenters. The number of methoxy groups -OCH3 is 2. The van der Waals surface area contributed by atoms with Gasteiger partial charge in [0.05, 0.1) is 14.2 Å². The first kappa shape index (κ1) is 22.2. The average molecular weight is 521 g/mol. The van der Waals surface area contributed by atoms with Gasteiger partial charge in [-0.3, -0.25) is 0 Å². The van der Waals surface area contributed by atoms with Crippen molar-refractivity contribution in [3.8, 4) is 11.5 Å². The van der Waals surface area contributed by atoms with E-state index in [0.717, 1.165) is 0 Å². The van der Waals surface area contributed by atoms with Crippen molar-refractivity contribution >= 4 is 75.7 Å². The van der Waals surface area contributed by atoms with Gasteiger partial charge in [0.15, 0.2) is 0 Å². The maximum atomic E-state index is 6.68. The van der Waals surface area contributed by atoms with Crippen molar-refractivity contribution in [2.24, 2.45) is 13.5 Å². The van der Waals surface area contributed by atoms with Gasteiger partial charge in [-0.1, -0.05) is 0 Å². The molecule has 2 aromatic rings. The second kappa shape index (κ2) is 8.70. The van der Waals surface area contributed by atoms with E-state index in [1.54, 1.807) is 62.8 Å². The Labute approximate surface area is 182 Å². The van der Waals surface area contributed by atoms with Crippen LogP contribution in [0.2, 0.25) is 0 Å². The van der Waals surface area contributed by atoms with Gasteiger partial charge in [-0.25, -0.2) is 0 Å². The Morgan fingerprint density at radius 3 is 1.43 bits per heavy atom. The van der Waals surface area contributed by atoms with Crippen LogP contribution in [0.5, 0.6) is 11.5 Å². The van der Waals surface area contributed by atoms with Gasteiger partial charge in [-0.2, -0.15) is 13.5 Å². The molecular weight excluding hydrogens is 505 g/mol. The predicted octanol–water partition coefficient (Wildman–Crippen LogP) is 9.04. The van der Waals surface area contributed by atoms with E-state index in [2.05, 4.69) is 23.7 Å². The number of hydrogen-bond acceptors (Lipinski definition) is 7. The lowest BCUT2D eigenvalue weighted by Crippen LogP contribution is -1.96. The van der Waals surface area contributed by atoms with Crippen molar-refractivity contribution in [1.82, 2.24) is 0 Å². The Morgan fingerprint density at radius 2 is 1.04 bits per heavy atom. The number of benzene rings is 2. The van der Waals surface area contributed by atoms with Gasteiger partial charge in [-0.15, -0.1) is 0 Å². The number of anilines is 2. The summed E-state index contributed by atoms with van der Waals surface area (Å²) in [5.74, 6) is -1.71. The third-order valence-corrected chi connectivity index (χ3v) is 15.4. The Bertz CT molecular complexity index is 969. The highest BCUT2D eigenvalue weighted by Crippen LogP contribution is 2.84. The molecule has 0 unspecified atom stereocenters. The highest BCUT2D eigenvalue weighted by atomic mass is 35.9. The summed E-state index contributed by atoms with van der Waals surface area (Å²) in [7, 11) is 3.17. The third kappa shape index (κ3) is 5.77. The minimum Gasteiger partial charge on any atom is -0.497 e. The van der Waals surface area contributed by atoms with Gasteiger partial charge >= 0.3 is 0 Å². The Hall–Kier alpha value is -0.510. The number of nitrogens with one attached hydrogen (secondary N) is 2. The van der Waals surface area contributed by atoms with E-state index < -0.39 is 19.3 Å². The molecule has 28 heavy (non-hydrogen) atoms. The lowest BCUT2D eigenvalue weighted by molar-refractivity contribution is 0.415. The standard InChI is InChI=1S/C14H16Cl4N5O2P3/c1-24-13-7-3-11(4-8-13)19-27(17)21-26(15,16)22-28(18,23-27)20-12-5-9-14(25-2)10-6-12/h3-10,19-20H,1-2H3/t27-,28-/m1/s1. The van der Waals surface area contributed by atoms with Gasteiger partial charge in [-0.05, 0) is 93.5 Å². The van der Waals surface area contributed by atoms with E-state index in [1.807, 2.05) is 0 Å². The van der Waals surface area contributed by atoms with Crippen LogP contribution in [-0.4, -0.2) is 14.2 Å². The SMILES string of the molecule is COc1ccc(N[P@]2(Cl)=NP(Cl)(Cl)=N[P@@](Cl)(Nc3ccc(OC)cc3)=N2)cc1. The normalized spacial score (nSPS) is 25.5. The van der Waals surface area contributed by atoms with Crippen molar-refractivity contribution in [2.45, 2.75) is 0 Å². The van der Waals surface area contributed by atoms with Crippen LogP contribution in [0.15, 0.2) is 62.1 Å². The summed E-state index contributed by atoms with van der Waals surface area (Å²) >= 11 is 26.0. The lowest BCUT2D eigenvalue weighted by atomic mass is 10.3. The number of ether oxygens (including phenoxy) is 2. The van der Waals surface area contributed by atoms with Crippen molar-refractivity contribution in [3.05, 3.63) is 48.5 Å². The number of hydrogen-bond donors (Lipinski definition) is 2. The summed E-state index contributed by atoms with van der Waals surface area (Å²) in [6.07, 6.45) is 0. The molecule has 2 N–H and O–H groups in total. The molecule has 1 heterocycles. The fourth-order valence-corrected chi connectivity index (χ4v) is 18.0. The summed E-state index contributed by atoms with van der Waals surface area (Å²) in [4.78, 5) is 0. The van der Waals surface area contributed by atoms with E-state index in [-0.39, 0.29) is 0 Å². The van der Waals surface area contributed by atoms with Gasteiger partial charge in [0.2, 0.25) is 0 Å². The zero-order chi connectivity index (χ0) is 20.4. The molecule has 7 nitrogen and oxygen atoms in total. The maximum absolute atomic E-state index is 6.68. The summed E-state index contributed by atoms with van der Waals surface area (Å²) in [5.41, 5.74) is 1.36. The van der Waals surface area contributed by atoms with Gasteiger partial charge in [0, 0.05) is 11.4 Å². The average Bonchev–Trinajstić information content (AvgIpc) is 2.60. The van der Waals surface area contributed by atoms with Gasteiger partial charge < -0.3 is 19.6 Å². The molecule has 3 rings (SSSR count). The summed E-state index contributed by atoms with van der Waals surface area (Å²) in [6.45, 7) is -6.10. The molecule has 0 radical (unpaired) electrons. The minimum atomic E-state index is -3.12. The Morgan fingerprint density at radius 1 is 0.643 bits per heavy atom. The lowest BCUT2D eigenvalue weighted by Gasteiger charge is -2.26. The van der Waals surface area contributed by atoms with Crippen molar-refractivity contribution in [1.29, 1.82) is 0 Å². The predicted molar refractivity (Wildman–Crippen MR) is 125 cm³/mol. The summed E-state index contributed by atoms with van der Waals surface area (Å²) < 4.78 is 23.4. The third-order valence-electron chi connectivity index (χ3n) is 3.41. The smallest absolute Gasteiger partial charge is 0.262 e. The van der Waals surface area contributed by atoms with Gasteiger partial charge in [0.25, 0.3) is 19.3 Å². The fraction of sp³-hybridized carbons (Fsp3) is 0.143. The summed E-state index contributed by atoms with van der Waals surface area (Å²) in [5, 5.41) is 6.19. The second-order valence-electron chi connectivity index (χ2n) is 5.45. The fourth-order valence-electron chi connectivity index (χ4n) is 2.25. The molecule has 0 saturated heterocycles. The molecule has 152 valence electrons. The van der Waals surface area contributed by atoms with Crippen LogP contribution < -0.4 is 19.6 Å². The molecule has 0 saturated carbocycles. The van der Waals surface area contributed by atoms with Crippen molar-refractivity contribution < 1.29 is 9.47 Å². The van der Waals surface area contributed by atoms with E-state index in [4.69, 9.17) is 54.4 Å². The first-order chi connectivity index (χ1) is 13.1. The van der Waals surface area contributed by atoms with Crippen LogP contribution in [0.25, 0.3) is 0 Å². The molecule has 2 aromatic carbocycles. The van der Waals surface area contributed by atoms with Crippen LogP contribution >= 0.6 is 64.3 Å². The molecule has 0 amide bonds. The minimum absolute atomic E-state index is 0.680. The Balaban J connectivity index is 1.95. The van der Waals surface area contributed by atoms with Crippen LogP contribution in [0.3, 0.4) is 0 Å². The quantitative estimate of drug-likeness (QED) is 0.372. The highest BCUT2D eigenvalue weighted by molar-refractivity contribution is 8.18. The molecular formula is C14H16Cl4N5O2P3.